The molecular weight excluding hydrogens is 300 g/mol. The van der Waals surface area contributed by atoms with Crippen LogP contribution in [0.1, 0.15) is 11.1 Å². The SMILES string of the molecule is CN1CCN(CCc2ccc3[nH]cc(CCN)c3c2)S1(=O)=O. The largest absolute Gasteiger partial charge is 0.361 e. The second kappa shape index (κ2) is 6.00. The van der Waals surface area contributed by atoms with E-state index in [-0.39, 0.29) is 0 Å². The zero-order chi connectivity index (χ0) is 15.7. The van der Waals surface area contributed by atoms with Gasteiger partial charge in [-0.15, -0.1) is 0 Å². The molecule has 0 amide bonds. The minimum absolute atomic E-state index is 0.523. The maximum absolute atomic E-state index is 12.1. The van der Waals surface area contributed by atoms with Gasteiger partial charge in [0.25, 0.3) is 10.2 Å². The molecule has 1 aliphatic rings. The van der Waals surface area contributed by atoms with Gasteiger partial charge in [-0.2, -0.15) is 17.0 Å². The van der Waals surface area contributed by atoms with Crippen molar-refractivity contribution >= 4 is 21.1 Å². The monoisotopic (exact) mass is 322 g/mol. The third kappa shape index (κ3) is 2.77. The number of rotatable bonds is 5. The van der Waals surface area contributed by atoms with Crippen LogP contribution in [-0.4, -0.2) is 55.2 Å². The summed E-state index contributed by atoms with van der Waals surface area (Å²) in [7, 11) is -1.62. The Balaban J connectivity index is 1.76. The van der Waals surface area contributed by atoms with Crippen LogP contribution in [0.3, 0.4) is 0 Å². The van der Waals surface area contributed by atoms with Gasteiger partial charge in [-0.1, -0.05) is 6.07 Å². The Morgan fingerprint density at radius 3 is 2.77 bits per heavy atom. The second-order valence-corrected chi connectivity index (χ2v) is 7.75. The number of H-pyrrole nitrogens is 1. The summed E-state index contributed by atoms with van der Waals surface area (Å²) < 4.78 is 27.1. The number of hydrogen-bond acceptors (Lipinski definition) is 3. The van der Waals surface area contributed by atoms with Crippen LogP contribution in [-0.2, 0) is 23.1 Å². The molecule has 1 fully saturated rings. The van der Waals surface area contributed by atoms with E-state index >= 15 is 0 Å². The van der Waals surface area contributed by atoms with E-state index in [1.807, 2.05) is 6.20 Å². The van der Waals surface area contributed by atoms with E-state index in [1.165, 1.54) is 15.3 Å². The number of nitrogens with zero attached hydrogens (tertiary/aromatic N) is 2. The lowest BCUT2D eigenvalue weighted by atomic mass is 10.1. The molecule has 2 aromatic rings. The summed E-state index contributed by atoms with van der Waals surface area (Å²) in [5, 5.41) is 1.18. The zero-order valence-corrected chi connectivity index (χ0v) is 13.6. The Morgan fingerprint density at radius 1 is 1.27 bits per heavy atom. The first-order valence-electron chi connectivity index (χ1n) is 7.53. The standard InChI is InChI=1S/C15H22N4O2S/c1-18-8-9-19(22(18,20)21)7-5-12-2-3-15-14(10-12)13(4-6-16)11-17-15/h2-3,10-11,17H,4-9,16H2,1H3. The molecule has 0 radical (unpaired) electrons. The second-order valence-electron chi connectivity index (χ2n) is 5.71. The van der Waals surface area contributed by atoms with Crippen molar-refractivity contribution in [1.82, 2.24) is 13.6 Å². The highest BCUT2D eigenvalue weighted by Gasteiger charge is 2.32. The predicted molar refractivity (Wildman–Crippen MR) is 87.9 cm³/mol. The average Bonchev–Trinajstić information content (AvgIpc) is 3.00. The molecule has 0 aliphatic carbocycles. The lowest BCUT2D eigenvalue weighted by Gasteiger charge is -2.15. The Morgan fingerprint density at radius 2 is 2.09 bits per heavy atom. The number of likely N-dealkylation sites (N-methyl/N-ethyl adjacent to an activating group) is 1. The molecule has 3 N–H and O–H groups in total. The highest BCUT2D eigenvalue weighted by Crippen LogP contribution is 2.21. The Labute approximate surface area is 131 Å². The molecule has 0 bridgehead atoms. The molecule has 0 atom stereocenters. The number of nitrogens with two attached hydrogens (primary N) is 1. The van der Waals surface area contributed by atoms with E-state index in [0.717, 1.165) is 23.9 Å². The lowest BCUT2D eigenvalue weighted by Crippen LogP contribution is -2.32. The molecule has 3 rings (SSSR count). The predicted octanol–water partition coefficient (Wildman–Crippen LogP) is 0.704. The van der Waals surface area contributed by atoms with E-state index in [9.17, 15) is 8.42 Å². The molecule has 0 spiro atoms. The summed E-state index contributed by atoms with van der Waals surface area (Å²) in [6, 6.07) is 6.25. The third-order valence-corrected chi connectivity index (χ3v) is 6.27. The van der Waals surface area contributed by atoms with Crippen molar-refractivity contribution in [2.24, 2.45) is 5.73 Å². The number of fused-ring (bicyclic) bond motifs is 1. The van der Waals surface area contributed by atoms with Crippen LogP contribution < -0.4 is 5.73 Å². The molecule has 120 valence electrons. The summed E-state index contributed by atoms with van der Waals surface area (Å²) in [5.41, 5.74) is 9.10. The quantitative estimate of drug-likeness (QED) is 0.850. The fourth-order valence-electron chi connectivity index (χ4n) is 2.90. The fourth-order valence-corrected chi connectivity index (χ4v) is 4.25. The maximum Gasteiger partial charge on any atom is 0.281 e. The topological polar surface area (TPSA) is 82.4 Å². The van der Waals surface area contributed by atoms with Gasteiger partial charge in [-0.25, -0.2) is 0 Å². The van der Waals surface area contributed by atoms with E-state index < -0.39 is 10.2 Å². The molecule has 22 heavy (non-hydrogen) atoms. The van der Waals surface area contributed by atoms with Crippen molar-refractivity contribution in [2.75, 3.05) is 33.2 Å². The summed E-state index contributed by atoms with van der Waals surface area (Å²) in [5.74, 6) is 0. The summed E-state index contributed by atoms with van der Waals surface area (Å²) in [4.78, 5) is 3.25. The highest BCUT2D eigenvalue weighted by atomic mass is 32.2. The minimum Gasteiger partial charge on any atom is -0.361 e. The molecule has 1 aromatic heterocycles. The zero-order valence-electron chi connectivity index (χ0n) is 12.7. The molecule has 1 aromatic carbocycles. The van der Waals surface area contributed by atoms with Gasteiger partial charge in [0.1, 0.15) is 0 Å². The number of aromatic nitrogens is 1. The van der Waals surface area contributed by atoms with Crippen LogP contribution in [0.25, 0.3) is 10.9 Å². The van der Waals surface area contributed by atoms with Crippen LogP contribution in [0, 0.1) is 0 Å². The maximum atomic E-state index is 12.1. The van der Waals surface area contributed by atoms with Crippen LogP contribution in [0.15, 0.2) is 24.4 Å². The van der Waals surface area contributed by atoms with Gasteiger partial charge in [-0.05, 0) is 42.6 Å². The molecule has 2 heterocycles. The smallest absolute Gasteiger partial charge is 0.281 e. The molecule has 0 saturated carbocycles. The van der Waals surface area contributed by atoms with Crippen molar-refractivity contribution in [1.29, 1.82) is 0 Å². The van der Waals surface area contributed by atoms with E-state index in [1.54, 1.807) is 11.4 Å². The van der Waals surface area contributed by atoms with Crippen LogP contribution in [0.2, 0.25) is 0 Å². The van der Waals surface area contributed by atoms with Gasteiger partial charge >= 0.3 is 0 Å². The number of hydrogen-bond donors (Lipinski definition) is 2. The van der Waals surface area contributed by atoms with E-state index in [4.69, 9.17) is 5.73 Å². The Bertz CT molecular complexity index is 769. The van der Waals surface area contributed by atoms with Crippen molar-refractivity contribution in [2.45, 2.75) is 12.8 Å². The summed E-state index contributed by atoms with van der Waals surface area (Å²) >= 11 is 0. The van der Waals surface area contributed by atoms with Crippen molar-refractivity contribution in [3.05, 3.63) is 35.5 Å². The van der Waals surface area contributed by atoms with E-state index in [0.29, 0.717) is 26.2 Å². The lowest BCUT2D eigenvalue weighted by molar-refractivity contribution is 0.452. The first-order valence-corrected chi connectivity index (χ1v) is 8.92. The molecule has 7 heteroatoms. The molecule has 1 aliphatic heterocycles. The third-order valence-electron chi connectivity index (χ3n) is 4.28. The first kappa shape index (κ1) is 15.5. The first-order chi connectivity index (χ1) is 10.5. The van der Waals surface area contributed by atoms with Crippen LogP contribution >= 0.6 is 0 Å². The molecule has 0 unspecified atom stereocenters. The fraction of sp³-hybridized carbons (Fsp3) is 0.467. The van der Waals surface area contributed by atoms with Crippen molar-refractivity contribution in [3.8, 4) is 0 Å². The van der Waals surface area contributed by atoms with Crippen molar-refractivity contribution < 1.29 is 8.42 Å². The van der Waals surface area contributed by atoms with Gasteiger partial charge in [-0.3, -0.25) is 0 Å². The summed E-state index contributed by atoms with van der Waals surface area (Å²) in [6.45, 7) is 2.29. The number of aromatic amines is 1. The normalized spacial score (nSPS) is 19.2. The van der Waals surface area contributed by atoms with Crippen molar-refractivity contribution in [3.63, 3.8) is 0 Å². The molecular formula is C15H22N4O2S. The Hall–Kier alpha value is -1.41. The molecule has 1 saturated heterocycles. The van der Waals surface area contributed by atoms with Gasteiger partial charge in [0, 0.05) is 43.8 Å². The minimum atomic E-state index is -3.24. The Kier molecular flexibility index (Phi) is 4.22. The van der Waals surface area contributed by atoms with Crippen LogP contribution in [0.4, 0.5) is 0 Å². The van der Waals surface area contributed by atoms with Gasteiger partial charge in [0.05, 0.1) is 0 Å². The van der Waals surface area contributed by atoms with Gasteiger partial charge in [0.2, 0.25) is 0 Å². The average molecular weight is 322 g/mol. The highest BCUT2D eigenvalue weighted by molar-refractivity contribution is 7.87. The summed E-state index contributed by atoms with van der Waals surface area (Å²) in [6.07, 6.45) is 3.56. The number of nitrogens with one attached hydrogen (secondary N) is 1. The van der Waals surface area contributed by atoms with Gasteiger partial charge < -0.3 is 10.7 Å². The van der Waals surface area contributed by atoms with Crippen LogP contribution in [0.5, 0.6) is 0 Å². The molecule has 6 nitrogen and oxygen atoms in total. The number of benzene rings is 1. The van der Waals surface area contributed by atoms with Gasteiger partial charge in [0.15, 0.2) is 0 Å². The van der Waals surface area contributed by atoms with E-state index in [2.05, 4.69) is 23.2 Å².